The van der Waals surface area contributed by atoms with Gasteiger partial charge in [0.1, 0.15) is 6.10 Å². The second kappa shape index (κ2) is 11.0. The van der Waals surface area contributed by atoms with Crippen molar-refractivity contribution in [2.24, 2.45) is 4.99 Å². The molecule has 2 rings (SSSR count). The summed E-state index contributed by atoms with van der Waals surface area (Å²) in [7, 11) is 4.91. The van der Waals surface area contributed by atoms with Gasteiger partial charge in [0.05, 0.1) is 20.8 Å². The third-order valence-corrected chi connectivity index (χ3v) is 4.21. The number of nitrogens with one attached hydrogen (secondary N) is 2. The van der Waals surface area contributed by atoms with Crippen molar-refractivity contribution in [3.05, 3.63) is 53.8 Å². The van der Waals surface area contributed by atoms with Gasteiger partial charge >= 0.3 is 0 Å². The van der Waals surface area contributed by atoms with Gasteiger partial charge in [-0.05, 0) is 36.2 Å². The highest BCUT2D eigenvalue weighted by Crippen LogP contribution is 2.27. The van der Waals surface area contributed by atoms with Crippen molar-refractivity contribution in [3.63, 3.8) is 0 Å². The first-order valence-electron chi connectivity index (χ1n) is 9.17. The zero-order valence-electron chi connectivity index (χ0n) is 16.8. The minimum Gasteiger partial charge on any atom is -0.493 e. The smallest absolute Gasteiger partial charge is 0.191 e. The van der Waals surface area contributed by atoms with Crippen molar-refractivity contribution in [1.82, 2.24) is 10.6 Å². The molecule has 1 atom stereocenters. The van der Waals surface area contributed by atoms with Gasteiger partial charge in [-0.3, -0.25) is 4.99 Å². The molecule has 0 spiro atoms. The summed E-state index contributed by atoms with van der Waals surface area (Å²) in [6.07, 6.45) is 0.546. The molecule has 1 unspecified atom stereocenters. The second-order valence-electron chi connectivity index (χ2n) is 6.07. The molecule has 0 bridgehead atoms. The molecule has 0 saturated heterocycles. The van der Waals surface area contributed by atoms with E-state index in [9.17, 15) is 4.39 Å². The Kier molecular flexibility index (Phi) is 8.39. The number of nitrogens with zero attached hydrogens (tertiary/aromatic N) is 1. The van der Waals surface area contributed by atoms with Gasteiger partial charge in [-0.15, -0.1) is 0 Å². The van der Waals surface area contributed by atoms with Crippen molar-refractivity contribution in [3.8, 4) is 17.2 Å². The van der Waals surface area contributed by atoms with E-state index in [1.54, 1.807) is 39.5 Å². The van der Waals surface area contributed by atoms with Gasteiger partial charge in [-0.1, -0.05) is 25.1 Å². The summed E-state index contributed by atoms with van der Waals surface area (Å²) >= 11 is 0. The molecule has 0 aliphatic carbocycles. The first kappa shape index (κ1) is 21.3. The number of benzene rings is 2. The van der Waals surface area contributed by atoms with E-state index in [0.29, 0.717) is 30.5 Å². The molecular formula is C21H28FN3O3. The van der Waals surface area contributed by atoms with E-state index < -0.39 is 0 Å². The van der Waals surface area contributed by atoms with Crippen molar-refractivity contribution in [1.29, 1.82) is 0 Å². The van der Waals surface area contributed by atoms with Crippen LogP contribution < -0.4 is 24.8 Å². The molecule has 0 aliphatic rings. The van der Waals surface area contributed by atoms with Crippen molar-refractivity contribution < 1.29 is 18.6 Å². The van der Waals surface area contributed by atoms with E-state index in [1.807, 2.05) is 25.1 Å². The molecule has 0 heterocycles. The SMILES string of the molecule is CCC(CNC(=NC)NCc1ccc(OC)c(OC)c1)Oc1ccccc1F. The van der Waals surface area contributed by atoms with E-state index in [0.717, 1.165) is 12.0 Å². The monoisotopic (exact) mass is 389 g/mol. The molecule has 0 saturated carbocycles. The maximum atomic E-state index is 13.8. The van der Waals surface area contributed by atoms with Crippen LogP contribution in [0.1, 0.15) is 18.9 Å². The molecule has 0 aromatic heterocycles. The Bertz CT molecular complexity index is 783. The quantitative estimate of drug-likeness (QED) is 0.509. The zero-order valence-corrected chi connectivity index (χ0v) is 16.8. The highest BCUT2D eigenvalue weighted by molar-refractivity contribution is 5.79. The van der Waals surface area contributed by atoms with E-state index >= 15 is 0 Å². The Balaban J connectivity index is 1.89. The molecule has 2 aromatic rings. The summed E-state index contributed by atoms with van der Waals surface area (Å²) in [5, 5.41) is 6.46. The molecule has 2 N–H and O–H groups in total. The number of para-hydroxylation sites is 1. The summed E-state index contributed by atoms with van der Waals surface area (Å²) in [6.45, 7) is 3.05. The number of rotatable bonds is 9. The van der Waals surface area contributed by atoms with E-state index in [2.05, 4.69) is 15.6 Å². The molecule has 0 aliphatic heterocycles. The molecule has 7 heteroatoms. The van der Waals surface area contributed by atoms with E-state index in [4.69, 9.17) is 14.2 Å². The molecule has 2 aromatic carbocycles. The van der Waals surface area contributed by atoms with E-state index in [1.165, 1.54) is 6.07 Å². The third kappa shape index (κ3) is 6.04. The summed E-state index contributed by atoms with van der Waals surface area (Å²) in [4.78, 5) is 4.22. The van der Waals surface area contributed by atoms with Crippen LogP contribution in [0.5, 0.6) is 17.2 Å². The van der Waals surface area contributed by atoms with Crippen LogP contribution in [0.2, 0.25) is 0 Å². The maximum absolute atomic E-state index is 13.8. The molecule has 6 nitrogen and oxygen atoms in total. The van der Waals surface area contributed by atoms with Crippen LogP contribution in [0.4, 0.5) is 4.39 Å². The summed E-state index contributed by atoms with van der Waals surface area (Å²) in [5.41, 5.74) is 1.02. The lowest BCUT2D eigenvalue weighted by atomic mass is 10.2. The molecule has 28 heavy (non-hydrogen) atoms. The van der Waals surface area contributed by atoms with Gasteiger partial charge in [0.15, 0.2) is 29.0 Å². The number of ether oxygens (including phenoxy) is 3. The van der Waals surface area contributed by atoms with Crippen molar-refractivity contribution >= 4 is 5.96 Å². The average molecular weight is 389 g/mol. The van der Waals surface area contributed by atoms with Gasteiger partial charge < -0.3 is 24.8 Å². The molecule has 0 radical (unpaired) electrons. The highest BCUT2D eigenvalue weighted by atomic mass is 19.1. The first-order valence-corrected chi connectivity index (χ1v) is 9.17. The highest BCUT2D eigenvalue weighted by Gasteiger charge is 2.12. The van der Waals surface area contributed by atoms with Crippen LogP contribution in [0.3, 0.4) is 0 Å². The summed E-state index contributed by atoms with van der Waals surface area (Å²) in [5.74, 6) is 1.88. The van der Waals surface area contributed by atoms with E-state index in [-0.39, 0.29) is 17.7 Å². The Labute approximate surface area is 165 Å². The number of hydrogen-bond acceptors (Lipinski definition) is 4. The summed E-state index contributed by atoms with van der Waals surface area (Å²) in [6, 6.07) is 12.1. The van der Waals surface area contributed by atoms with Gasteiger partial charge in [0.2, 0.25) is 0 Å². The lowest BCUT2D eigenvalue weighted by molar-refractivity contribution is 0.191. The predicted octanol–water partition coefficient (Wildman–Crippen LogP) is 3.37. The molecule has 152 valence electrons. The maximum Gasteiger partial charge on any atom is 0.191 e. The van der Waals surface area contributed by atoms with Crippen LogP contribution in [0.15, 0.2) is 47.5 Å². The van der Waals surface area contributed by atoms with Crippen LogP contribution in [0.25, 0.3) is 0 Å². The van der Waals surface area contributed by atoms with Crippen LogP contribution in [-0.2, 0) is 6.54 Å². The average Bonchev–Trinajstić information content (AvgIpc) is 2.73. The zero-order chi connectivity index (χ0) is 20.4. The normalized spacial score (nSPS) is 12.2. The molecule has 0 amide bonds. The number of halogens is 1. The Morgan fingerprint density at radius 1 is 1.04 bits per heavy atom. The largest absolute Gasteiger partial charge is 0.493 e. The Morgan fingerprint density at radius 3 is 2.43 bits per heavy atom. The fraction of sp³-hybridized carbons (Fsp3) is 0.381. The fourth-order valence-corrected chi connectivity index (χ4v) is 2.60. The predicted molar refractivity (Wildman–Crippen MR) is 109 cm³/mol. The van der Waals surface area contributed by atoms with Gasteiger partial charge in [-0.25, -0.2) is 4.39 Å². The molecule has 0 fully saturated rings. The first-order chi connectivity index (χ1) is 13.6. The lowest BCUT2D eigenvalue weighted by Gasteiger charge is -2.20. The second-order valence-corrected chi connectivity index (χ2v) is 6.07. The number of aliphatic imine (C=N–C) groups is 1. The van der Waals surface area contributed by atoms with Crippen molar-refractivity contribution in [2.75, 3.05) is 27.8 Å². The topological polar surface area (TPSA) is 64.1 Å². The molecular weight excluding hydrogens is 361 g/mol. The Hall–Kier alpha value is -2.96. The van der Waals surface area contributed by atoms with Crippen molar-refractivity contribution in [2.45, 2.75) is 26.0 Å². The third-order valence-electron chi connectivity index (χ3n) is 4.21. The minimum atomic E-state index is -0.364. The van der Waals surface area contributed by atoms with Gasteiger partial charge in [0, 0.05) is 13.6 Å². The van der Waals surface area contributed by atoms with Gasteiger partial charge in [-0.2, -0.15) is 0 Å². The lowest BCUT2D eigenvalue weighted by Crippen LogP contribution is -2.42. The fourth-order valence-electron chi connectivity index (χ4n) is 2.60. The minimum absolute atomic E-state index is 0.184. The number of hydrogen-bond donors (Lipinski definition) is 2. The van der Waals surface area contributed by atoms with Crippen LogP contribution in [0, 0.1) is 5.82 Å². The summed E-state index contributed by atoms with van der Waals surface area (Å²) < 4.78 is 30.1. The van der Waals surface area contributed by atoms with Gasteiger partial charge in [0.25, 0.3) is 0 Å². The number of guanidine groups is 1. The standard InChI is InChI=1S/C21H28FN3O3/c1-5-16(28-18-9-7-6-8-17(18)22)14-25-21(23-2)24-13-15-10-11-19(26-3)20(12-15)27-4/h6-12,16H,5,13-14H2,1-4H3,(H2,23,24,25). The number of methoxy groups -OCH3 is 2. The van der Waals surface area contributed by atoms with Crippen LogP contribution >= 0.6 is 0 Å². The van der Waals surface area contributed by atoms with Crippen LogP contribution in [-0.4, -0.2) is 39.9 Å². The Morgan fingerprint density at radius 2 is 1.79 bits per heavy atom.